The van der Waals surface area contributed by atoms with Gasteiger partial charge in [0, 0.05) is 0 Å². The van der Waals surface area contributed by atoms with Crippen molar-refractivity contribution < 1.29 is 18.7 Å². The lowest BCUT2D eigenvalue weighted by molar-refractivity contribution is -0.140. The Balaban J connectivity index is 2.70. The first kappa shape index (κ1) is 14.0. The number of hydrogen-bond donors (Lipinski definition) is 0. The van der Waals surface area contributed by atoms with Crippen LogP contribution in [0, 0.1) is 0 Å². The van der Waals surface area contributed by atoms with E-state index in [4.69, 9.17) is 4.74 Å². The molecule has 0 heterocycles. The summed E-state index contributed by atoms with van der Waals surface area (Å²) in [6.07, 6.45) is 2.75. The third kappa shape index (κ3) is 4.41. The molecule has 0 bridgehead atoms. The average molecular weight is 250 g/mol. The van der Waals surface area contributed by atoms with Gasteiger partial charge < -0.3 is 9.47 Å². The van der Waals surface area contributed by atoms with Gasteiger partial charge in [0.25, 0.3) is 0 Å². The van der Waals surface area contributed by atoms with Crippen LogP contribution in [-0.4, -0.2) is 19.2 Å². The SMILES string of the molecule is C=CCOc1ccc(/C=C(/F)C(=O)OCC)cc1. The second kappa shape index (κ2) is 7.27. The topological polar surface area (TPSA) is 35.5 Å². The second-order valence-corrected chi connectivity index (χ2v) is 3.38. The van der Waals surface area contributed by atoms with Gasteiger partial charge in [-0.3, -0.25) is 0 Å². The molecule has 0 amide bonds. The molecule has 0 aliphatic carbocycles. The maximum absolute atomic E-state index is 13.3. The van der Waals surface area contributed by atoms with Crippen LogP contribution in [0.5, 0.6) is 5.75 Å². The fraction of sp³-hybridized carbons (Fsp3) is 0.214. The summed E-state index contributed by atoms with van der Waals surface area (Å²) in [6.45, 7) is 5.71. The van der Waals surface area contributed by atoms with Gasteiger partial charge in [0.05, 0.1) is 6.61 Å². The molecule has 0 fully saturated rings. The number of halogens is 1. The summed E-state index contributed by atoms with van der Waals surface area (Å²) >= 11 is 0. The first-order chi connectivity index (χ1) is 8.67. The van der Waals surface area contributed by atoms with Gasteiger partial charge >= 0.3 is 5.97 Å². The number of carbonyl (C=O) groups is 1. The maximum atomic E-state index is 13.3. The fourth-order valence-electron chi connectivity index (χ4n) is 1.22. The molecular formula is C14H15FO3. The molecule has 1 aromatic carbocycles. The molecular weight excluding hydrogens is 235 g/mol. The largest absolute Gasteiger partial charge is 0.490 e. The summed E-state index contributed by atoms with van der Waals surface area (Å²) in [5, 5.41) is 0. The fourth-order valence-corrected chi connectivity index (χ4v) is 1.22. The van der Waals surface area contributed by atoms with Gasteiger partial charge in [-0.05, 0) is 30.7 Å². The summed E-state index contributed by atoms with van der Waals surface area (Å²) in [4.78, 5) is 11.1. The van der Waals surface area contributed by atoms with Gasteiger partial charge in [-0.25, -0.2) is 4.79 Å². The van der Waals surface area contributed by atoms with E-state index in [-0.39, 0.29) is 6.61 Å². The maximum Gasteiger partial charge on any atom is 0.367 e. The highest BCUT2D eigenvalue weighted by Gasteiger charge is 2.08. The Morgan fingerprint density at radius 1 is 1.39 bits per heavy atom. The highest BCUT2D eigenvalue weighted by Crippen LogP contribution is 2.15. The molecule has 1 rings (SSSR count). The molecule has 96 valence electrons. The molecule has 0 spiro atoms. The molecule has 0 saturated heterocycles. The van der Waals surface area contributed by atoms with Crippen LogP contribution in [-0.2, 0) is 9.53 Å². The summed E-state index contributed by atoms with van der Waals surface area (Å²) in [6, 6.07) is 6.68. The Labute approximate surface area is 106 Å². The number of hydrogen-bond acceptors (Lipinski definition) is 3. The molecule has 0 aliphatic heterocycles. The number of esters is 1. The summed E-state index contributed by atoms with van der Waals surface area (Å²) in [7, 11) is 0. The molecule has 1 aromatic rings. The molecule has 0 aromatic heterocycles. The van der Waals surface area contributed by atoms with Crippen molar-refractivity contribution in [3.05, 3.63) is 48.3 Å². The molecule has 0 N–H and O–H groups in total. The first-order valence-corrected chi connectivity index (χ1v) is 5.55. The van der Waals surface area contributed by atoms with Crippen LogP contribution in [0.15, 0.2) is 42.7 Å². The molecule has 4 heteroatoms. The normalized spacial score (nSPS) is 10.9. The first-order valence-electron chi connectivity index (χ1n) is 5.55. The molecule has 0 radical (unpaired) electrons. The Morgan fingerprint density at radius 3 is 2.61 bits per heavy atom. The van der Waals surface area contributed by atoms with Crippen molar-refractivity contribution in [2.24, 2.45) is 0 Å². The zero-order valence-electron chi connectivity index (χ0n) is 10.2. The third-order valence-corrected chi connectivity index (χ3v) is 2.01. The minimum Gasteiger partial charge on any atom is -0.490 e. The van der Waals surface area contributed by atoms with Gasteiger partial charge in [-0.15, -0.1) is 0 Å². The molecule has 3 nitrogen and oxygen atoms in total. The van der Waals surface area contributed by atoms with Crippen molar-refractivity contribution in [2.45, 2.75) is 6.92 Å². The van der Waals surface area contributed by atoms with E-state index in [0.29, 0.717) is 17.9 Å². The van der Waals surface area contributed by atoms with Crippen LogP contribution >= 0.6 is 0 Å². The number of ether oxygens (including phenoxy) is 2. The van der Waals surface area contributed by atoms with Crippen LogP contribution < -0.4 is 4.74 Å². The van der Waals surface area contributed by atoms with Crippen molar-refractivity contribution in [3.63, 3.8) is 0 Å². The van der Waals surface area contributed by atoms with E-state index in [2.05, 4.69) is 11.3 Å². The highest BCUT2D eigenvalue weighted by atomic mass is 19.1. The number of rotatable bonds is 6. The van der Waals surface area contributed by atoms with Crippen LogP contribution in [0.4, 0.5) is 4.39 Å². The minimum atomic E-state index is -0.954. The third-order valence-electron chi connectivity index (χ3n) is 2.01. The van der Waals surface area contributed by atoms with Gasteiger partial charge in [-0.2, -0.15) is 4.39 Å². The van der Waals surface area contributed by atoms with Gasteiger partial charge in [0.2, 0.25) is 5.83 Å². The molecule has 0 saturated carbocycles. The van der Waals surface area contributed by atoms with Crippen molar-refractivity contribution in [1.82, 2.24) is 0 Å². The van der Waals surface area contributed by atoms with Crippen molar-refractivity contribution in [3.8, 4) is 5.75 Å². The summed E-state index contributed by atoms with van der Waals surface area (Å²) in [5.41, 5.74) is 0.562. The predicted octanol–water partition coefficient (Wildman–Crippen LogP) is 3.12. The van der Waals surface area contributed by atoms with Crippen LogP contribution in [0.1, 0.15) is 12.5 Å². The lowest BCUT2D eigenvalue weighted by atomic mass is 10.2. The van der Waals surface area contributed by atoms with Gasteiger partial charge in [-0.1, -0.05) is 24.8 Å². The van der Waals surface area contributed by atoms with Crippen molar-refractivity contribution in [1.29, 1.82) is 0 Å². The lowest BCUT2D eigenvalue weighted by Gasteiger charge is -2.03. The van der Waals surface area contributed by atoms with E-state index < -0.39 is 11.8 Å². The molecule has 0 unspecified atom stereocenters. The minimum absolute atomic E-state index is 0.147. The Kier molecular flexibility index (Phi) is 5.64. The molecule has 18 heavy (non-hydrogen) atoms. The summed E-state index contributed by atoms with van der Waals surface area (Å²) < 4.78 is 23.1. The Bertz CT molecular complexity index is 435. The monoisotopic (exact) mass is 250 g/mol. The van der Waals surface area contributed by atoms with Gasteiger partial charge in [0.1, 0.15) is 12.4 Å². The zero-order valence-corrected chi connectivity index (χ0v) is 10.2. The zero-order chi connectivity index (χ0) is 13.4. The smallest absolute Gasteiger partial charge is 0.367 e. The highest BCUT2D eigenvalue weighted by molar-refractivity contribution is 5.91. The van der Waals surface area contributed by atoms with E-state index in [1.165, 1.54) is 0 Å². The van der Waals surface area contributed by atoms with Crippen LogP contribution in [0.3, 0.4) is 0 Å². The van der Waals surface area contributed by atoms with Crippen molar-refractivity contribution >= 4 is 12.0 Å². The average Bonchev–Trinajstić information content (AvgIpc) is 2.38. The lowest BCUT2D eigenvalue weighted by Crippen LogP contribution is -2.03. The quantitative estimate of drug-likeness (QED) is 0.442. The van der Waals surface area contributed by atoms with E-state index in [1.54, 1.807) is 37.3 Å². The standard InChI is InChI=1S/C14H15FO3/c1-3-9-18-12-7-5-11(6-8-12)10-13(15)14(16)17-4-2/h3,5-8,10H,1,4,9H2,2H3/b13-10+. The van der Waals surface area contributed by atoms with Crippen LogP contribution in [0.25, 0.3) is 6.08 Å². The van der Waals surface area contributed by atoms with Crippen LogP contribution in [0.2, 0.25) is 0 Å². The predicted molar refractivity (Wildman–Crippen MR) is 67.9 cm³/mol. The second-order valence-electron chi connectivity index (χ2n) is 3.38. The Morgan fingerprint density at radius 2 is 2.06 bits per heavy atom. The van der Waals surface area contributed by atoms with E-state index in [0.717, 1.165) is 6.08 Å². The van der Waals surface area contributed by atoms with E-state index in [1.807, 2.05) is 0 Å². The van der Waals surface area contributed by atoms with Crippen molar-refractivity contribution in [2.75, 3.05) is 13.2 Å². The number of carbonyl (C=O) groups excluding carboxylic acids is 1. The van der Waals surface area contributed by atoms with E-state index >= 15 is 0 Å². The summed E-state index contributed by atoms with van der Waals surface area (Å²) in [5.74, 6) is -1.22. The van der Waals surface area contributed by atoms with Gasteiger partial charge in [0.15, 0.2) is 0 Å². The molecule has 0 aliphatic rings. The Hall–Kier alpha value is -2.10. The molecule has 0 atom stereocenters. The van der Waals surface area contributed by atoms with E-state index in [9.17, 15) is 9.18 Å². The number of benzene rings is 1.